The predicted octanol–water partition coefficient (Wildman–Crippen LogP) is 6.01. The van der Waals surface area contributed by atoms with Gasteiger partial charge in [0.05, 0.1) is 11.1 Å². The summed E-state index contributed by atoms with van der Waals surface area (Å²) in [6, 6.07) is 30.6. The van der Waals surface area contributed by atoms with Gasteiger partial charge >= 0.3 is 11.9 Å². The van der Waals surface area contributed by atoms with E-state index in [0.717, 1.165) is 21.5 Å². The van der Waals surface area contributed by atoms with Crippen LogP contribution in [0.1, 0.15) is 20.7 Å². The molecule has 5 aromatic carbocycles. The fourth-order valence-electron chi connectivity index (χ4n) is 3.77. The van der Waals surface area contributed by atoms with Crippen molar-refractivity contribution in [3.05, 3.63) is 114 Å². The molecular formula is C28H19NO4. The molecule has 160 valence electrons. The van der Waals surface area contributed by atoms with Gasteiger partial charge in [-0.3, -0.25) is 0 Å². The highest BCUT2D eigenvalue weighted by molar-refractivity contribution is 6.00. The number of carbonyl (C=O) groups is 2. The Bertz CT molecular complexity index is 1400. The topological polar surface area (TPSA) is 78.6 Å². The number of carbonyl (C=O) groups excluding carboxylic acids is 2. The van der Waals surface area contributed by atoms with E-state index in [2.05, 4.69) is 0 Å². The maximum atomic E-state index is 12.9. The van der Waals surface area contributed by atoms with Crippen molar-refractivity contribution in [3.63, 3.8) is 0 Å². The number of ether oxygens (including phenoxy) is 2. The van der Waals surface area contributed by atoms with Crippen molar-refractivity contribution in [1.82, 2.24) is 0 Å². The minimum Gasteiger partial charge on any atom is -0.422 e. The molecule has 0 amide bonds. The summed E-state index contributed by atoms with van der Waals surface area (Å²) >= 11 is 0. The van der Waals surface area contributed by atoms with Crippen LogP contribution >= 0.6 is 0 Å². The number of nitrogens with two attached hydrogens (primary N) is 1. The summed E-state index contributed by atoms with van der Waals surface area (Å²) in [4.78, 5) is 25.8. The Morgan fingerprint density at radius 1 is 0.545 bits per heavy atom. The molecule has 0 bridgehead atoms. The number of hydrogen-bond donors (Lipinski definition) is 1. The van der Waals surface area contributed by atoms with E-state index in [1.165, 1.54) is 18.2 Å². The Hall–Kier alpha value is -4.64. The van der Waals surface area contributed by atoms with Crippen molar-refractivity contribution in [2.24, 2.45) is 0 Å². The third-order valence-corrected chi connectivity index (χ3v) is 5.33. The highest BCUT2D eigenvalue weighted by atomic mass is 16.5. The van der Waals surface area contributed by atoms with E-state index in [1.54, 1.807) is 12.1 Å². The van der Waals surface area contributed by atoms with E-state index in [9.17, 15) is 9.59 Å². The first-order valence-corrected chi connectivity index (χ1v) is 10.4. The van der Waals surface area contributed by atoms with Gasteiger partial charge in [0.25, 0.3) is 0 Å². The van der Waals surface area contributed by atoms with Crippen LogP contribution in [-0.4, -0.2) is 11.9 Å². The zero-order chi connectivity index (χ0) is 22.8. The number of anilines is 1. The quantitative estimate of drug-likeness (QED) is 0.213. The van der Waals surface area contributed by atoms with Crippen LogP contribution < -0.4 is 15.2 Å². The van der Waals surface area contributed by atoms with Gasteiger partial charge in [-0.05, 0) is 41.1 Å². The summed E-state index contributed by atoms with van der Waals surface area (Å²) in [6.07, 6.45) is 0. The van der Waals surface area contributed by atoms with Crippen molar-refractivity contribution in [2.75, 3.05) is 5.73 Å². The number of nitrogen functional groups attached to an aromatic ring is 1. The molecule has 0 aliphatic heterocycles. The standard InChI is InChI=1S/C28H19NO4/c29-22-16-20(27(30)32-25-13-5-9-18-7-1-3-11-23(18)25)15-21(17-22)28(31)33-26-14-6-10-19-8-2-4-12-24(19)26/h1-17H,29H2. The molecule has 5 heteroatoms. The molecule has 0 radical (unpaired) electrons. The lowest BCUT2D eigenvalue weighted by Crippen LogP contribution is -2.14. The van der Waals surface area contributed by atoms with E-state index in [4.69, 9.17) is 15.2 Å². The molecule has 0 spiro atoms. The van der Waals surface area contributed by atoms with E-state index in [1.807, 2.05) is 72.8 Å². The van der Waals surface area contributed by atoms with Gasteiger partial charge < -0.3 is 15.2 Å². The molecule has 5 nitrogen and oxygen atoms in total. The van der Waals surface area contributed by atoms with Crippen LogP contribution in [0.25, 0.3) is 21.5 Å². The van der Waals surface area contributed by atoms with Gasteiger partial charge in [0, 0.05) is 16.5 Å². The molecule has 0 saturated heterocycles. The van der Waals surface area contributed by atoms with Gasteiger partial charge in [0.1, 0.15) is 11.5 Å². The highest BCUT2D eigenvalue weighted by Gasteiger charge is 2.17. The van der Waals surface area contributed by atoms with Crippen LogP contribution in [0.4, 0.5) is 5.69 Å². The molecule has 0 heterocycles. The Morgan fingerprint density at radius 2 is 0.970 bits per heavy atom. The molecule has 0 aliphatic carbocycles. The normalized spacial score (nSPS) is 10.8. The van der Waals surface area contributed by atoms with Crippen LogP contribution in [0.5, 0.6) is 11.5 Å². The second-order valence-corrected chi connectivity index (χ2v) is 7.58. The lowest BCUT2D eigenvalue weighted by Gasteiger charge is -2.11. The Balaban J connectivity index is 1.42. The molecule has 0 aliphatic rings. The number of rotatable bonds is 4. The molecular weight excluding hydrogens is 414 g/mol. The SMILES string of the molecule is Nc1cc(C(=O)Oc2cccc3ccccc23)cc(C(=O)Oc2cccc3ccccc23)c1. The fraction of sp³-hybridized carbons (Fsp3) is 0. The van der Waals surface area contributed by atoms with E-state index < -0.39 is 11.9 Å². The maximum Gasteiger partial charge on any atom is 0.343 e. The lowest BCUT2D eigenvalue weighted by atomic mass is 10.1. The van der Waals surface area contributed by atoms with E-state index in [-0.39, 0.29) is 16.8 Å². The third-order valence-electron chi connectivity index (χ3n) is 5.33. The van der Waals surface area contributed by atoms with Crippen molar-refractivity contribution in [3.8, 4) is 11.5 Å². The van der Waals surface area contributed by atoms with Crippen molar-refractivity contribution >= 4 is 39.2 Å². The Kier molecular flexibility index (Phi) is 5.21. The monoisotopic (exact) mass is 433 g/mol. The molecule has 0 unspecified atom stereocenters. The van der Waals surface area contributed by atoms with Crippen LogP contribution in [0.15, 0.2) is 103 Å². The minimum absolute atomic E-state index is 0.160. The number of esters is 2. The number of hydrogen-bond acceptors (Lipinski definition) is 5. The second-order valence-electron chi connectivity index (χ2n) is 7.58. The molecule has 0 saturated carbocycles. The summed E-state index contributed by atoms with van der Waals surface area (Å²) in [5.41, 5.74) is 6.56. The molecule has 0 fully saturated rings. The van der Waals surface area contributed by atoms with Crippen molar-refractivity contribution in [2.45, 2.75) is 0 Å². The van der Waals surface area contributed by atoms with Gasteiger partial charge in [0.2, 0.25) is 0 Å². The Labute approximate surface area is 190 Å². The third kappa shape index (κ3) is 4.12. The fourth-order valence-corrected chi connectivity index (χ4v) is 3.77. The first-order valence-electron chi connectivity index (χ1n) is 10.4. The summed E-state index contributed by atoms with van der Waals surface area (Å²) in [7, 11) is 0. The summed E-state index contributed by atoms with van der Waals surface area (Å²) in [5, 5.41) is 3.53. The van der Waals surface area contributed by atoms with Crippen molar-refractivity contribution < 1.29 is 19.1 Å². The summed E-state index contributed by atoms with van der Waals surface area (Å²) < 4.78 is 11.3. The van der Waals surface area contributed by atoms with Crippen LogP contribution in [-0.2, 0) is 0 Å². The zero-order valence-corrected chi connectivity index (χ0v) is 17.5. The number of benzene rings is 5. The van der Waals surface area contributed by atoms with Gasteiger partial charge in [-0.1, -0.05) is 72.8 Å². The largest absolute Gasteiger partial charge is 0.422 e. The Morgan fingerprint density at radius 3 is 1.45 bits per heavy atom. The smallest absolute Gasteiger partial charge is 0.343 e. The molecule has 0 atom stereocenters. The van der Waals surface area contributed by atoms with Gasteiger partial charge in [-0.15, -0.1) is 0 Å². The summed E-state index contributed by atoms with van der Waals surface area (Å²) in [5.74, 6) is -0.364. The molecule has 2 N–H and O–H groups in total. The van der Waals surface area contributed by atoms with Gasteiger partial charge in [-0.25, -0.2) is 9.59 Å². The maximum absolute atomic E-state index is 12.9. The van der Waals surface area contributed by atoms with Crippen LogP contribution in [0, 0.1) is 0 Å². The lowest BCUT2D eigenvalue weighted by molar-refractivity contribution is 0.0737. The number of fused-ring (bicyclic) bond motifs is 2. The molecule has 0 aromatic heterocycles. The minimum atomic E-state index is -0.613. The molecule has 33 heavy (non-hydrogen) atoms. The molecule has 5 rings (SSSR count). The van der Waals surface area contributed by atoms with E-state index in [0.29, 0.717) is 11.5 Å². The average molecular weight is 433 g/mol. The first-order chi connectivity index (χ1) is 16.1. The van der Waals surface area contributed by atoms with Gasteiger partial charge in [0.15, 0.2) is 0 Å². The van der Waals surface area contributed by atoms with Crippen molar-refractivity contribution in [1.29, 1.82) is 0 Å². The first kappa shape index (κ1) is 20.3. The predicted molar refractivity (Wildman–Crippen MR) is 129 cm³/mol. The van der Waals surface area contributed by atoms with E-state index >= 15 is 0 Å². The zero-order valence-electron chi connectivity index (χ0n) is 17.5. The van der Waals surface area contributed by atoms with Crippen LogP contribution in [0.3, 0.4) is 0 Å². The second kappa shape index (κ2) is 8.48. The highest BCUT2D eigenvalue weighted by Crippen LogP contribution is 2.28. The average Bonchev–Trinajstić information content (AvgIpc) is 2.84. The summed E-state index contributed by atoms with van der Waals surface area (Å²) in [6.45, 7) is 0. The van der Waals surface area contributed by atoms with Gasteiger partial charge in [-0.2, -0.15) is 0 Å². The van der Waals surface area contributed by atoms with Crippen LogP contribution in [0.2, 0.25) is 0 Å². The molecule has 5 aromatic rings.